The lowest BCUT2D eigenvalue weighted by molar-refractivity contribution is -0.126. The van der Waals surface area contributed by atoms with Crippen LogP contribution in [0, 0.1) is 0 Å². The van der Waals surface area contributed by atoms with E-state index < -0.39 is 0 Å². The van der Waals surface area contributed by atoms with Crippen LogP contribution < -0.4 is 9.64 Å². The van der Waals surface area contributed by atoms with Crippen LogP contribution in [0.15, 0.2) is 91.3 Å². The first kappa shape index (κ1) is 20.8. The van der Waals surface area contributed by atoms with Gasteiger partial charge in [0.15, 0.2) is 0 Å². The molecule has 2 aromatic heterocycles. The summed E-state index contributed by atoms with van der Waals surface area (Å²) in [4.78, 5) is 21.4. The summed E-state index contributed by atoms with van der Waals surface area (Å²) in [6, 6.07) is 24.0. The average molecular weight is 439 g/mol. The number of carbonyl (C=O) groups excluding carboxylic acids is 1. The minimum Gasteiger partial charge on any atom is -0.487 e. The van der Waals surface area contributed by atoms with Gasteiger partial charge in [-0.25, -0.2) is 4.98 Å². The Balaban J connectivity index is 1.11. The largest absolute Gasteiger partial charge is 0.487 e. The molecule has 1 aliphatic rings. The fourth-order valence-corrected chi connectivity index (χ4v) is 3.99. The number of aromatic nitrogens is 2. The third kappa shape index (κ3) is 5.06. The summed E-state index contributed by atoms with van der Waals surface area (Å²) in [5.41, 5.74) is 3.96. The van der Waals surface area contributed by atoms with Gasteiger partial charge >= 0.3 is 0 Å². The van der Waals surface area contributed by atoms with Gasteiger partial charge in [0.05, 0.1) is 5.69 Å². The molecule has 0 saturated carbocycles. The van der Waals surface area contributed by atoms with Crippen molar-refractivity contribution in [2.24, 2.45) is 0 Å². The van der Waals surface area contributed by atoms with Crippen molar-refractivity contribution in [1.29, 1.82) is 0 Å². The Bertz CT molecular complexity index is 1210. The van der Waals surface area contributed by atoms with Crippen molar-refractivity contribution in [1.82, 2.24) is 14.3 Å². The van der Waals surface area contributed by atoms with Crippen molar-refractivity contribution in [2.45, 2.75) is 6.61 Å². The standard InChI is InChI=1S/C27H26N4O2/c32-27(30-18-16-29(17-19-30)24-6-2-1-3-7-24)14-11-22-9-12-25(13-10-22)33-21-23-20-31-15-5-4-8-26(31)28-23/h1-15,20H,16-19,21H2. The summed E-state index contributed by atoms with van der Waals surface area (Å²) in [7, 11) is 0. The normalized spacial score (nSPS) is 14.2. The smallest absolute Gasteiger partial charge is 0.246 e. The van der Waals surface area contributed by atoms with Crippen molar-refractivity contribution < 1.29 is 9.53 Å². The SMILES string of the molecule is O=C(C=Cc1ccc(OCc2cn3ccccc3n2)cc1)N1CCN(c2ccccc2)CC1. The molecule has 0 atom stereocenters. The fraction of sp³-hybridized carbons (Fsp3) is 0.185. The van der Waals surface area contributed by atoms with E-state index in [0.717, 1.165) is 48.8 Å². The molecule has 3 heterocycles. The highest BCUT2D eigenvalue weighted by Gasteiger charge is 2.19. The molecule has 1 saturated heterocycles. The van der Waals surface area contributed by atoms with E-state index in [1.807, 2.05) is 88.4 Å². The Morgan fingerprint density at radius 1 is 0.909 bits per heavy atom. The Morgan fingerprint density at radius 2 is 1.67 bits per heavy atom. The van der Waals surface area contributed by atoms with Crippen LogP contribution in [0.1, 0.15) is 11.3 Å². The molecule has 0 radical (unpaired) electrons. The molecule has 0 bridgehead atoms. The van der Waals surface area contributed by atoms with Crippen molar-refractivity contribution in [3.05, 3.63) is 103 Å². The van der Waals surface area contributed by atoms with Crippen molar-refractivity contribution in [2.75, 3.05) is 31.1 Å². The van der Waals surface area contributed by atoms with E-state index in [9.17, 15) is 4.79 Å². The van der Waals surface area contributed by atoms with Gasteiger partial charge in [-0.15, -0.1) is 0 Å². The van der Waals surface area contributed by atoms with E-state index in [-0.39, 0.29) is 5.91 Å². The first-order valence-corrected chi connectivity index (χ1v) is 11.2. The first-order valence-electron chi connectivity index (χ1n) is 11.2. The van der Waals surface area contributed by atoms with E-state index >= 15 is 0 Å². The van der Waals surface area contributed by atoms with Gasteiger partial charge in [0.1, 0.15) is 18.0 Å². The molecule has 33 heavy (non-hydrogen) atoms. The molecule has 0 spiro atoms. The van der Waals surface area contributed by atoms with E-state index in [4.69, 9.17) is 4.74 Å². The number of para-hydroxylation sites is 1. The Morgan fingerprint density at radius 3 is 2.42 bits per heavy atom. The molecule has 1 amide bonds. The number of nitrogens with zero attached hydrogens (tertiary/aromatic N) is 4. The minimum atomic E-state index is 0.0508. The Labute approximate surface area is 193 Å². The third-order valence-corrected chi connectivity index (χ3v) is 5.81. The van der Waals surface area contributed by atoms with Gasteiger partial charge < -0.3 is 18.9 Å². The van der Waals surface area contributed by atoms with Crippen LogP contribution in [0.4, 0.5) is 5.69 Å². The van der Waals surface area contributed by atoms with Crippen molar-refractivity contribution >= 4 is 23.3 Å². The maximum absolute atomic E-state index is 12.6. The fourth-order valence-electron chi connectivity index (χ4n) is 3.99. The molecule has 0 N–H and O–H groups in total. The number of hydrogen-bond donors (Lipinski definition) is 0. The highest BCUT2D eigenvalue weighted by molar-refractivity contribution is 5.92. The van der Waals surface area contributed by atoms with Gasteiger partial charge in [-0.05, 0) is 48.0 Å². The number of amides is 1. The summed E-state index contributed by atoms with van der Waals surface area (Å²) in [6.07, 6.45) is 7.46. The van der Waals surface area contributed by atoms with Gasteiger partial charge in [0, 0.05) is 50.3 Å². The second-order valence-electron chi connectivity index (χ2n) is 8.04. The molecule has 0 unspecified atom stereocenters. The van der Waals surface area contributed by atoms with E-state index in [1.54, 1.807) is 6.08 Å². The molecule has 6 heteroatoms. The molecule has 4 aromatic rings. The lowest BCUT2D eigenvalue weighted by Gasteiger charge is -2.35. The van der Waals surface area contributed by atoms with Gasteiger partial charge in [-0.3, -0.25) is 4.79 Å². The zero-order valence-corrected chi connectivity index (χ0v) is 18.4. The number of imidazole rings is 1. The van der Waals surface area contributed by atoms with Crippen LogP contribution in [0.2, 0.25) is 0 Å². The molecular formula is C27H26N4O2. The average Bonchev–Trinajstić information content (AvgIpc) is 3.30. The van der Waals surface area contributed by atoms with Gasteiger partial charge in [-0.1, -0.05) is 36.4 Å². The van der Waals surface area contributed by atoms with Gasteiger partial charge in [0.25, 0.3) is 0 Å². The second kappa shape index (κ2) is 9.61. The zero-order chi connectivity index (χ0) is 22.5. The number of anilines is 1. The topological polar surface area (TPSA) is 50.1 Å². The maximum atomic E-state index is 12.6. The number of fused-ring (bicyclic) bond motifs is 1. The molecule has 1 aliphatic heterocycles. The van der Waals surface area contributed by atoms with Crippen LogP contribution in [-0.2, 0) is 11.4 Å². The van der Waals surface area contributed by atoms with E-state index in [1.165, 1.54) is 5.69 Å². The predicted molar refractivity (Wildman–Crippen MR) is 130 cm³/mol. The minimum absolute atomic E-state index is 0.0508. The molecule has 0 aliphatic carbocycles. The number of ether oxygens (including phenoxy) is 1. The summed E-state index contributed by atoms with van der Waals surface area (Å²) in [5, 5.41) is 0. The van der Waals surface area contributed by atoms with Crippen LogP contribution >= 0.6 is 0 Å². The van der Waals surface area contributed by atoms with Crippen LogP contribution in [0.3, 0.4) is 0 Å². The second-order valence-corrected chi connectivity index (χ2v) is 8.04. The number of pyridine rings is 1. The quantitative estimate of drug-likeness (QED) is 0.422. The van der Waals surface area contributed by atoms with Gasteiger partial charge in [-0.2, -0.15) is 0 Å². The molecule has 5 rings (SSSR count). The Hall–Kier alpha value is -4.06. The predicted octanol–water partition coefficient (Wildman–Crippen LogP) is 4.28. The molecule has 1 fully saturated rings. The maximum Gasteiger partial charge on any atom is 0.246 e. The molecular weight excluding hydrogens is 412 g/mol. The molecule has 6 nitrogen and oxygen atoms in total. The lowest BCUT2D eigenvalue weighted by Crippen LogP contribution is -2.48. The first-order chi connectivity index (χ1) is 16.2. The third-order valence-electron chi connectivity index (χ3n) is 5.81. The highest BCUT2D eigenvalue weighted by Crippen LogP contribution is 2.17. The van der Waals surface area contributed by atoms with Gasteiger partial charge in [0.2, 0.25) is 5.91 Å². The van der Waals surface area contributed by atoms with Crippen LogP contribution in [0.5, 0.6) is 5.75 Å². The Kier molecular flexibility index (Phi) is 6.06. The van der Waals surface area contributed by atoms with E-state index in [2.05, 4.69) is 22.0 Å². The highest BCUT2D eigenvalue weighted by atomic mass is 16.5. The van der Waals surface area contributed by atoms with Crippen molar-refractivity contribution in [3.8, 4) is 5.75 Å². The number of hydrogen-bond acceptors (Lipinski definition) is 4. The van der Waals surface area contributed by atoms with Crippen molar-refractivity contribution in [3.63, 3.8) is 0 Å². The lowest BCUT2D eigenvalue weighted by atomic mass is 10.2. The summed E-state index contributed by atoms with van der Waals surface area (Å²) >= 11 is 0. The number of benzene rings is 2. The summed E-state index contributed by atoms with van der Waals surface area (Å²) in [6.45, 7) is 3.57. The van der Waals surface area contributed by atoms with Crippen LogP contribution in [0.25, 0.3) is 11.7 Å². The number of rotatable bonds is 6. The number of piperazine rings is 1. The monoisotopic (exact) mass is 438 g/mol. The zero-order valence-electron chi connectivity index (χ0n) is 18.4. The van der Waals surface area contributed by atoms with Crippen LogP contribution in [-0.4, -0.2) is 46.4 Å². The molecule has 2 aromatic carbocycles. The summed E-state index contributed by atoms with van der Waals surface area (Å²) < 4.78 is 7.84. The summed E-state index contributed by atoms with van der Waals surface area (Å²) in [5.74, 6) is 0.822. The van der Waals surface area contributed by atoms with E-state index in [0.29, 0.717) is 6.61 Å². The number of carbonyl (C=O) groups is 1. The molecule has 166 valence electrons.